The van der Waals surface area contributed by atoms with E-state index in [1.807, 2.05) is 42.5 Å². The maximum atomic E-state index is 3.66. The highest BCUT2D eigenvalue weighted by atomic mass is 127. The molecule has 0 radical (unpaired) electrons. The fourth-order valence-electron chi connectivity index (χ4n) is 1.20. The van der Waals surface area contributed by atoms with E-state index in [2.05, 4.69) is 53.4 Å². The third-order valence-electron chi connectivity index (χ3n) is 1.96. The summed E-state index contributed by atoms with van der Waals surface area (Å²) in [5.74, 6) is 0. The molecule has 0 aliphatic carbocycles. The van der Waals surface area contributed by atoms with Crippen LogP contribution < -0.4 is 0 Å². The summed E-state index contributed by atoms with van der Waals surface area (Å²) in [5, 5.41) is 0. The van der Waals surface area contributed by atoms with Crippen LogP contribution in [0.3, 0.4) is 0 Å². The Hall–Kier alpha value is -1.09. The molecule has 0 fully saturated rings. The van der Waals surface area contributed by atoms with E-state index in [1.54, 1.807) is 0 Å². The van der Waals surface area contributed by atoms with Gasteiger partial charge in [0.1, 0.15) is 0 Å². The van der Waals surface area contributed by atoms with Crippen LogP contribution in [0.4, 0.5) is 0 Å². The van der Waals surface area contributed by atoms with Crippen molar-refractivity contribution in [2.24, 2.45) is 0 Å². The van der Waals surface area contributed by atoms with Gasteiger partial charge in [0.2, 0.25) is 0 Å². The van der Waals surface area contributed by atoms with Gasteiger partial charge in [-0.25, -0.2) is 0 Å². The molecular weight excluding hydrogens is 307 g/mol. The van der Waals surface area contributed by atoms with Crippen LogP contribution in [-0.4, -0.2) is 0 Å². The summed E-state index contributed by atoms with van der Waals surface area (Å²) < 4.78 is 1.29. The van der Waals surface area contributed by atoms with Crippen molar-refractivity contribution in [2.75, 3.05) is 0 Å². The van der Waals surface area contributed by atoms with Gasteiger partial charge in [0, 0.05) is 3.57 Å². The number of allylic oxidation sites excluding steroid dienone is 1. The lowest BCUT2D eigenvalue weighted by Gasteiger charge is -1.91. The van der Waals surface area contributed by atoms with Gasteiger partial charge in [-0.3, -0.25) is 0 Å². The van der Waals surface area contributed by atoms with E-state index in [-0.39, 0.29) is 0 Å². The zero-order valence-electron chi connectivity index (χ0n) is 9.14. The van der Waals surface area contributed by atoms with E-state index < -0.39 is 0 Å². The predicted octanol–water partition coefficient (Wildman–Crippen LogP) is 4.71. The van der Waals surface area contributed by atoms with Crippen LogP contribution in [-0.2, 0) is 6.42 Å². The lowest BCUT2D eigenvalue weighted by molar-refractivity contribution is 1.28. The zero-order valence-corrected chi connectivity index (χ0v) is 11.3. The van der Waals surface area contributed by atoms with Gasteiger partial charge >= 0.3 is 0 Å². The highest BCUT2D eigenvalue weighted by Crippen LogP contribution is 2.00. The summed E-state index contributed by atoms with van der Waals surface area (Å²) >= 11 is 2.28. The van der Waals surface area contributed by atoms with E-state index in [9.17, 15) is 0 Å². The van der Waals surface area contributed by atoms with Crippen LogP contribution in [0.1, 0.15) is 5.56 Å². The van der Waals surface area contributed by atoms with Crippen molar-refractivity contribution in [1.82, 2.24) is 0 Å². The SMILES string of the molecule is C=CCc1ccccc1.Ic1ccccc1. The Morgan fingerprint density at radius 3 is 1.75 bits per heavy atom. The molecule has 2 aromatic rings. The first-order valence-electron chi connectivity index (χ1n) is 5.18. The van der Waals surface area contributed by atoms with Crippen molar-refractivity contribution in [2.45, 2.75) is 6.42 Å². The van der Waals surface area contributed by atoms with E-state index in [0.717, 1.165) is 6.42 Å². The second-order valence-corrected chi connectivity index (χ2v) is 4.52. The molecule has 1 heteroatoms. The topological polar surface area (TPSA) is 0 Å². The standard InChI is InChI=1S/C9H10.C6H5I/c1-2-6-9-7-4-3-5-8-9;7-6-4-2-1-3-5-6/h2-5,7-8H,1,6H2;1-5H. The van der Waals surface area contributed by atoms with Crippen LogP contribution >= 0.6 is 22.6 Å². The first kappa shape index (κ1) is 13.0. The molecule has 0 N–H and O–H groups in total. The Morgan fingerprint density at radius 2 is 1.38 bits per heavy atom. The van der Waals surface area contributed by atoms with E-state index in [1.165, 1.54) is 9.13 Å². The highest BCUT2D eigenvalue weighted by molar-refractivity contribution is 14.1. The molecule has 16 heavy (non-hydrogen) atoms. The van der Waals surface area contributed by atoms with E-state index >= 15 is 0 Å². The summed E-state index contributed by atoms with van der Waals surface area (Å²) in [5.41, 5.74) is 1.33. The first-order chi connectivity index (χ1) is 7.83. The molecule has 0 aliphatic heterocycles. The Bertz CT molecular complexity index is 392. The Morgan fingerprint density at radius 1 is 0.875 bits per heavy atom. The lowest BCUT2D eigenvalue weighted by Crippen LogP contribution is -1.75. The van der Waals surface area contributed by atoms with Crippen molar-refractivity contribution >= 4 is 22.6 Å². The predicted molar refractivity (Wildman–Crippen MR) is 79.5 cm³/mol. The first-order valence-corrected chi connectivity index (χ1v) is 6.26. The Balaban J connectivity index is 0.000000165. The van der Waals surface area contributed by atoms with E-state index in [0.29, 0.717) is 0 Å². The van der Waals surface area contributed by atoms with Gasteiger partial charge in [0.25, 0.3) is 0 Å². The van der Waals surface area contributed by atoms with E-state index in [4.69, 9.17) is 0 Å². The monoisotopic (exact) mass is 322 g/mol. The minimum atomic E-state index is 0.973. The normalized spacial score (nSPS) is 8.81. The van der Waals surface area contributed by atoms with Crippen LogP contribution in [0.2, 0.25) is 0 Å². The average Bonchev–Trinajstić information content (AvgIpc) is 2.33. The van der Waals surface area contributed by atoms with Gasteiger partial charge in [-0.1, -0.05) is 54.6 Å². The minimum absolute atomic E-state index is 0.973. The van der Waals surface area contributed by atoms with Gasteiger partial charge in [-0.05, 0) is 46.7 Å². The van der Waals surface area contributed by atoms with Crippen molar-refractivity contribution in [1.29, 1.82) is 0 Å². The number of halogens is 1. The Kier molecular flexibility index (Phi) is 6.58. The van der Waals surface area contributed by atoms with Gasteiger partial charge in [0.15, 0.2) is 0 Å². The largest absolute Gasteiger partial charge is 0.103 e. The van der Waals surface area contributed by atoms with Crippen LogP contribution in [0, 0.1) is 3.57 Å². The van der Waals surface area contributed by atoms with Gasteiger partial charge in [-0.2, -0.15) is 0 Å². The second kappa shape index (κ2) is 8.11. The number of benzene rings is 2. The molecule has 0 amide bonds. The minimum Gasteiger partial charge on any atom is -0.103 e. The number of hydrogen-bond acceptors (Lipinski definition) is 0. The number of hydrogen-bond donors (Lipinski definition) is 0. The quantitative estimate of drug-likeness (QED) is 0.555. The van der Waals surface area contributed by atoms with Gasteiger partial charge in [0.05, 0.1) is 0 Å². The van der Waals surface area contributed by atoms with Gasteiger partial charge < -0.3 is 0 Å². The molecule has 0 saturated heterocycles. The molecule has 2 aromatic carbocycles. The summed E-state index contributed by atoms with van der Waals surface area (Å²) in [7, 11) is 0. The summed E-state index contributed by atoms with van der Waals surface area (Å²) in [6.07, 6.45) is 2.89. The maximum Gasteiger partial charge on any atom is 0.0130 e. The van der Waals surface area contributed by atoms with Crippen LogP contribution in [0.25, 0.3) is 0 Å². The highest BCUT2D eigenvalue weighted by Gasteiger charge is 1.82. The summed E-state index contributed by atoms with van der Waals surface area (Å²) in [4.78, 5) is 0. The Labute approximate surface area is 111 Å². The molecule has 2 rings (SSSR count). The molecule has 0 atom stereocenters. The fourth-order valence-corrected chi connectivity index (χ4v) is 1.61. The molecule has 0 aromatic heterocycles. The van der Waals surface area contributed by atoms with Crippen molar-refractivity contribution < 1.29 is 0 Å². The molecule has 0 unspecified atom stereocenters. The molecule has 82 valence electrons. The van der Waals surface area contributed by atoms with Crippen molar-refractivity contribution in [3.8, 4) is 0 Å². The molecule has 0 heterocycles. The van der Waals surface area contributed by atoms with Crippen LogP contribution in [0.15, 0.2) is 73.3 Å². The fraction of sp³-hybridized carbons (Fsp3) is 0.0667. The molecule has 0 aliphatic rings. The lowest BCUT2D eigenvalue weighted by atomic mass is 10.2. The van der Waals surface area contributed by atoms with Gasteiger partial charge in [-0.15, -0.1) is 6.58 Å². The smallest absolute Gasteiger partial charge is 0.0130 e. The molecule has 0 spiro atoms. The molecule has 0 saturated carbocycles. The maximum absolute atomic E-state index is 3.66. The second-order valence-electron chi connectivity index (χ2n) is 3.27. The summed E-state index contributed by atoms with van der Waals surface area (Å²) in [6.45, 7) is 3.66. The molecule has 0 bridgehead atoms. The third kappa shape index (κ3) is 5.71. The van der Waals surface area contributed by atoms with Crippen LogP contribution in [0.5, 0.6) is 0 Å². The average molecular weight is 322 g/mol. The molecule has 0 nitrogen and oxygen atoms in total. The third-order valence-corrected chi connectivity index (χ3v) is 2.68. The summed E-state index contributed by atoms with van der Waals surface area (Å²) in [6, 6.07) is 20.5. The molecular formula is C15H15I. The van der Waals surface area contributed by atoms with Crippen molar-refractivity contribution in [3.63, 3.8) is 0 Å². The van der Waals surface area contributed by atoms with Crippen molar-refractivity contribution in [3.05, 3.63) is 82.5 Å². The zero-order chi connectivity index (χ0) is 11.6. The number of rotatable bonds is 2.